The van der Waals surface area contributed by atoms with Crippen LogP contribution in [0.15, 0.2) is 10.5 Å². The summed E-state index contributed by atoms with van der Waals surface area (Å²) >= 11 is 0. The summed E-state index contributed by atoms with van der Waals surface area (Å²) in [6.45, 7) is 8.32. The van der Waals surface area contributed by atoms with Crippen LogP contribution in [-0.4, -0.2) is 6.54 Å². The zero-order chi connectivity index (χ0) is 11.1. The van der Waals surface area contributed by atoms with Crippen LogP contribution in [0, 0.1) is 13.8 Å². The maximum Gasteiger partial charge on any atom is 0.105 e. The predicted octanol–water partition coefficient (Wildman–Crippen LogP) is 3.57. The minimum Gasteiger partial charge on any atom is -0.466 e. The third kappa shape index (κ3) is 4.52. The van der Waals surface area contributed by atoms with Gasteiger partial charge in [0.15, 0.2) is 0 Å². The van der Waals surface area contributed by atoms with Crippen molar-refractivity contribution in [3.05, 3.63) is 23.2 Å². The van der Waals surface area contributed by atoms with Gasteiger partial charge in [0.2, 0.25) is 0 Å². The minimum absolute atomic E-state index is 0.940. The van der Waals surface area contributed by atoms with Crippen molar-refractivity contribution >= 4 is 0 Å². The second-order valence-corrected chi connectivity index (χ2v) is 4.18. The van der Waals surface area contributed by atoms with Gasteiger partial charge < -0.3 is 9.73 Å². The van der Waals surface area contributed by atoms with Crippen molar-refractivity contribution < 1.29 is 4.42 Å². The summed E-state index contributed by atoms with van der Waals surface area (Å²) in [4.78, 5) is 0. The molecule has 0 unspecified atom stereocenters. The highest BCUT2D eigenvalue weighted by molar-refractivity contribution is 5.19. The first kappa shape index (κ1) is 12.3. The molecule has 1 rings (SSSR count). The van der Waals surface area contributed by atoms with Crippen molar-refractivity contribution in [3.8, 4) is 0 Å². The summed E-state index contributed by atoms with van der Waals surface area (Å²) in [6.07, 6.45) is 5.28. The lowest BCUT2D eigenvalue weighted by molar-refractivity contribution is 0.498. The maximum absolute atomic E-state index is 5.47. The fourth-order valence-corrected chi connectivity index (χ4v) is 1.76. The lowest BCUT2D eigenvalue weighted by Gasteiger charge is -2.03. The zero-order valence-electron chi connectivity index (χ0n) is 10.2. The molecule has 1 heterocycles. The van der Waals surface area contributed by atoms with E-state index in [0.717, 1.165) is 24.6 Å². The fourth-order valence-electron chi connectivity index (χ4n) is 1.76. The molecule has 0 aliphatic carbocycles. The Morgan fingerprint density at radius 3 is 2.60 bits per heavy atom. The number of unbranched alkanes of at least 4 members (excludes halogenated alkanes) is 3. The molecule has 15 heavy (non-hydrogen) atoms. The van der Waals surface area contributed by atoms with Gasteiger partial charge in [0, 0.05) is 12.1 Å². The molecule has 86 valence electrons. The van der Waals surface area contributed by atoms with E-state index in [1.165, 1.54) is 31.2 Å². The van der Waals surface area contributed by atoms with Crippen molar-refractivity contribution in [2.75, 3.05) is 6.54 Å². The second-order valence-electron chi connectivity index (χ2n) is 4.18. The van der Waals surface area contributed by atoms with E-state index >= 15 is 0 Å². The van der Waals surface area contributed by atoms with Gasteiger partial charge in [0.05, 0.1) is 0 Å². The average Bonchev–Trinajstić information content (AvgIpc) is 2.51. The van der Waals surface area contributed by atoms with Crippen LogP contribution in [-0.2, 0) is 6.54 Å². The molecule has 2 heteroatoms. The second kappa shape index (κ2) is 6.67. The van der Waals surface area contributed by atoms with Gasteiger partial charge in [0.1, 0.15) is 11.5 Å². The number of hydrogen-bond acceptors (Lipinski definition) is 2. The molecule has 0 fully saturated rings. The largest absolute Gasteiger partial charge is 0.466 e. The monoisotopic (exact) mass is 209 g/mol. The van der Waals surface area contributed by atoms with Gasteiger partial charge in [-0.15, -0.1) is 0 Å². The molecule has 0 aliphatic rings. The first-order chi connectivity index (χ1) is 7.24. The van der Waals surface area contributed by atoms with Crippen LogP contribution < -0.4 is 5.32 Å². The first-order valence-electron chi connectivity index (χ1n) is 6.00. The smallest absolute Gasteiger partial charge is 0.105 e. The summed E-state index contributed by atoms with van der Waals surface area (Å²) in [5.74, 6) is 2.06. The Kier molecular flexibility index (Phi) is 5.48. The van der Waals surface area contributed by atoms with Crippen molar-refractivity contribution in [1.82, 2.24) is 5.32 Å². The van der Waals surface area contributed by atoms with Gasteiger partial charge in [-0.05, 0) is 32.9 Å². The summed E-state index contributed by atoms with van der Waals surface area (Å²) in [7, 11) is 0. The topological polar surface area (TPSA) is 25.2 Å². The fraction of sp³-hybridized carbons (Fsp3) is 0.692. The van der Waals surface area contributed by atoms with E-state index in [4.69, 9.17) is 4.42 Å². The SMILES string of the molecule is CCCCCCNCc1cc(C)oc1C. The van der Waals surface area contributed by atoms with Crippen molar-refractivity contribution in [1.29, 1.82) is 0 Å². The molecule has 0 bridgehead atoms. The Morgan fingerprint density at radius 1 is 1.20 bits per heavy atom. The molecule has 0 saturated carbocycles. The van der Waals surface area contributed by atoms with Gasteiger partial charge in [-0.3, -0.25) is 0 Å². The van der Waals surface area contributed by atoms with Crippen LogP contribution >= 0.6 is 0 Å². The molecule has 1 aromatic rings. The molecule has 1 N–H and O–H groups in total. The van der Waals surface area contributed by atoms with E-state index in [0.29, 0.717) is 0 Å². The summed E-state index contributed by atoms with van der Waals surface area (Å²) in [5, 5.41) is 3.45. The summed E-state index contributed by atoms with van der Waals surface area (Å²) in [6, 6.07) is 2.12. The molecule has 0 amide bonds. The Balaban J connectivity index is 2.12. The number of hydrogen-bond donors (Lipinski definition) is 1. The number of furan rings is 1. The molecule has 1 aromatic heterocycles. The Morgan fingerprint density at radius 2 is 2.00 bits per heavy atom. The highest BCUT2D eigenvalue weighted by atomic mass is 16.3. The maximum atomic E-state index is 5.47. The molecule has 0 aliphatic heterocycles. The molecular weight excluding hydrogens is 186 g/mol. The molecular formula is C13H23NO. The van der Waals surface area contributed by atoms with Crippen molar-refractivity contribution in [2.24, 2.45) is 0 Å². The van der Waals surface area contributed by atoms with Gasteiger partial charge in [-0.25, -0.2) is 0 Å². The van der Waals surface area contributed by atoms with Crippen LogP contribution in [0.5, 0.6) is 0 Å². The van der Waals surface area contributed by atoms with Crippen LogP contribution in [0.4, 0.5) is 0 Å². The van der Waals surface area contributed by atoms with E-state index in [1.807, 2.05) is 13.8 Å². The van der Waals surface area contributed by atoms with Crippen LogP contribution in [0.2, 0.25) is 0 Å². The van der Waals surface area contributed by atoms with E-state index in [-0.39, 0.29) is 0 Å². The molecule has 2 nitrogen and oxygen atoms in total. The van der Waals surface area contributed by atoms with Crippen molar-refractivity contribution in [2.45, 2.75) is 53.0 Å². The highest BCUT2D eigenvalue weighted by Crippen LogP contribution is 2.12. The van der Waals surface area contributed by atoms with Gasteiger partial charge >= 0.3 is 0 Å². The molecule has 0 radical (unpaired) electrons. The first-order valence-corrected chi connectivity index (χ1v) is 6.00. The van der Waals surface area contributed by atoms with E-state index < -0.39 is 0 Å². The van der Waals surface area contributed by atoms with E-state index in [2.05, 4.69) is 18.3 Å². The number of aryl methyl sites for hydroxylation is 2. The highest BCUT2D eigenvalue weighted by Gasteiger charge is 2.02. The zero-order valence-corrected chi connectivity index (χ0v) is 10.2. The minimum atomic E-state index is 0.940. The third-order valence-corrected chi connectivity index (χ3v) is 2.67. The Labute approximate surface area is 93.1 Å². The van der Waals surface area contributed by atoms with Crippen LogP contribution in [0.25, 0.3) is 0 Å². The van der Waals surface area contributed by atoms with E-state index in [1.54, 1.807) is 0 Å². The summed E-state index contributed by atoms with van der Waals surface area (Å²) in [5.41, 5.74) is 1.29. The average molecular weight is 209 g/mol. The lowest BCUT2D eigenvalue weighted by atomic mass is 10.2. The molecule has 0 spiro atoms. The van der Waals surface area contributed by atoms with Gasteiger partial charge in [-0.2, -0.15) is 0 Å². The molecule has 0 saturated heterocycles. The number of rotatable bonds is 7. The predicted molar refractivity (Wildman–Crippen MR) is 64.0 cm³/mol. The number of nitrogens with one attached hydrogen (secondary N) is 1. The molecule has 0 aromatic carbocycles. The quantitative estimate of drug-likeness (QED) is 0.694. The van der Waals surface area contributed by atoms with Crippen LogP contribution in [0.3, 0.4) is 0 Å². The third-order valence-electron chi connectivity index (χ3n) is 2.67. The normalized spacial score (nSPS) is 10.9. The Bertz CT molecular complexity index is 278. The van der Waals surface area contributed by atoms with Gasteiger partial charge in [-0.1, -0.05) is 26.2 Å². The lowest BCUT2D eigenvalue weighted by Crippen LogP contribution is -2.14. The Hall–Kier alpha value is -0.760. The van der Waals surface area contributed by atoms with E-state index in [9.17, 15) is 0 Å². The summed E-state index contributed by atoms with van der Waals surface area (Å²) < 4.78 is 5.47. The molecule has 0 atom stereocenters. The van der Waals surface area contributed by atoms with Gasteiger partial charge in [0.25, 0.3) is 0 Å². The van der Waals surface area contributed by atoms with Crippen LogP contribution in [0.1, 0.15) is 49.7 Å². The standard InChI is InChI=1S/C13H23NO/c1-4-5-6-7-8-14-10-13-9-11(2)15-12(13)3/h9,14H,4-8,10H2,1-3H3. The van der Waals surface area contributed by atoms with Crippen molar-refractivity contribution in [3.63, 3.8) is 0 Å².